The molecular weight excluding hydrogens is 232 g/mol. The van der Waals surface area contributed by atoms with Gasteiger partial charge in [0.2, 0.25) is 0 Å². The number of hydrogen-bond donors (Lipinski definition) is 1. The molecule has 3 nitrogen and oxygen atoms in total. The second kappa shape index (κ2) is 4.63. The Morgan fingerprint density at radius 1 is 1.47 bits per heavy atom. The van der Waals surface area contributed by atoms with Crippen LogP contribution in [0.2, 0.25) is 0 Å². The maximum atomic E-state index is 10.5. The first-order valence-corrected chi connectivity index (χ1v) is 6.62. The van der Waals surface area contributed by atoms with E-state index in [1.807, 2.05) is 37.0 Å². The monoisotopic (exact) mass is 250 g/mol. The third kappa shape index (κ3) is 2.58. The van der Waals surface area contributed by atoms with E-state index in [-0.39, 0.29) is 0 Å². The lowest BCUT2D eigenvalue weighted by molar-refractivity contribution is 0.0508. The average molecular weight is 250 g/mol. The highest BCUT2D eigenvalue weighted by molar-refractivity contribution is 7.10. The first-order valence-electron chi connectivity index (χ1n) is 5.74. The second-order valence-corrected chi connectivity index (χ2v) is 5.57. The summed E-state index contributed by atoms with van der Waals surface area (Å²) in [6, 6.07) is 4.05. The Labute approximate surface area is 106 Å². The van der Waals surface area contributed by atoms with Gasteiger partial charge in [0.1, 0.15) is 0 Å². The van der Waals surface area contributed by atoms with Gasteiger partial charge in [0.15, 0.2) is 0 Å². The SMILES string of the molecule is Cc1ccsc1C(C)(O)CCc1ccnn1C. The zero-order valence-electron chi connectivity index (χ0n) is 10.5. The number of nitrogens with zero attached hydrogens (tertiary/aromatic N) is 2. The molecule has 1 N–H and O–H groups in total. The van der Waals surface area contributed by atoms with E-state index in [0.29, 0.717) is 6.42 Å². The Balaban J connectivity index is 2.08. The van der Waals surface area contributed by atoms with E-state index >= 15 is 0 Å². The van der Waals surface area contributed by atoms with Crippen molar-refractivity contribution in [2.45, 2.75) is 32.3 Å². The molecule has 0 radical (unpaired) electrons. The van der Waals surface area contributed by atoms with Gasteiger partial charge >= 0.3 is 0 Å². The highest BCUT2D eigenvalue weighted by Gasteiger charge is 2.26. The van der Waals surface area contributed by atoms with Crippen LogP contribution in [0.4, 0.5) is 0 Å². The van der Waals surface area contributed by atoms with Gasteiger partial charge in [-0.05, 0) is 49.8 Å². The summed E-state index contributed by atoms with van der Waals surface area (Å²) >= 11 is 1.63. The fraction of sp³-hybridized carbons (Fsp3) is 0.462. The van der Waals surface area contributed by atoms with E-state index in [1.165, 1.54) is 5.56 Å². The molecule has 17 heavy (non-hydrogen) atoms. The standard InChI is InChI=1S/C13H18N2OS/c1-10-6-9-17-12(10)13(2,16)7-4-11-5-8-14-15(11)3/h5-6,8-9,16H,4,7H2,1-3H3. The summed E-state index contributed by atoms with van der Waals surface area (Å²) in [7, 11) is 1.93. The van der Waals surface area contributed by atoms with Gasteiger partial charge in [-0.25, -0.2) is 0 Å². The van der Waals surface area contributed by atoms with E-state index in [2.05, 4.69) is 11.2 Å². The third-order valence-electron chi connectivity index (χ3n) is 3.14. The molecule has 1 unspecified atom stereocenters. The molecule has 0 saturated carbocycles. The molecule has 0 aliphatic rings. The van der Waals surface area contributed by atoms with Crippen LogP contribution < -0.4 is 0 Å². The van der Waals surface area contributed by atoms with Crippen LogP contribution in [-0.2, 0) is 19.1 Å². The molecule has 0 aromatic carbocycles. The van der Waals surface area contributed by atoms with Crippen molar-refractivity contribution in [1.29, 1.82) is 0 Å². The smallest absolute Gasteiger partial charge is 0.0966 e. The molecule has 2 rings (SSSR count). The molecule has 0 aliphatic heterocycles. The normalized spacial score (nSPS) is 14.8. The Bertz CT molecular complexity index is 499. The lowest BCUT2D eigenvalue weighted by Crippen LogP contribution is -2.22. The molecule has 0 amide bonds. The van der Waals surface area contributed by atoms with Gasteiger partial charge in [0, 0.05) is 23.8 Å². The summed E-state index contributed by atoms with van der Waals surface area (Å²) in [5, 5.41) is 16.7. The predicted molar refractivity (Wildman–Crippen MR) is 70.2 cm³/mol. The summed E-state index contributed by atoms with van der Waals surface area (Å²) in [5.74, 6) is 0. The van der Waals surface area contributed by atoms with E-state index in [4.69, 9.17) is 0 Å². The summed E-state index contributed by atoms with van der Waals surface area (Å²) in [6.07, 6.45) is 3.34. The van der Waals surface area contributed by atoms with Crippen molar-refractivity contribution in [2.24, 2.45) is 7.05 Å². The summed E-state index contributed by atoms with van der Waals surface area (Å²) < 4.78 is 1.86. The molecule has 4 heteroatoms. The van der Waals surface area contributed by atoms with Crippen LogP contribution in [0, 0.1) is 6.92 Å². The van der Waals surface area contributed by atoms with Gasteiger partial charge in [-0.2, -0.15) is 5.10 Å². The minimum Gasteiger partial charge on any atom is -0.385 e. The maximum Gasteiger partial charge on any atom is 0.0966 e. The van der Waals surface area contributed by atoms with Gasteiger partial charge in [-0.15, -0.1) is 11.3 Å². The van der Waals surface area contributed by atoms with Crippen molar-refractivity contribution >= 4 is 11.3 Å². The molecule has 2 aromatic heterocycles. The molecule has 2 heterocycles. The van der Waals surface area contributed by atoms with Crippen LogP contribution in [-0.4, -0.2) is 14.9 Å². The van der Waals surface area contributed by atoms with Gasteiger partial charge in [0.05, 0.1) is 5.60 Å². The molecule has 0 aliphatic carbocycles. The van der Waals surface area contributed by atoms with Crippen molar-refractivity contribution in [2.75, 3.05) is 0 Å². The zero-order valence-corrected chi connectivity index (χ0v) is 11.3. The quantitative estimate of drug-likeness (QED) is 0.906. The minimum atomic E-state index is -0.747. The van der Waals surface area contributed by atoms with E-state index in [9.17, 15) is 5.11 Å². The number of aliphatic hydroxyl groups is 1. The molecule has 1 atom stereocenters. The van der Waals surface area contributed by atoms with Crippen LogP contribution in [0.3, 0.4) is 0 Å². The van der Waals surface area contributed by atoms with Crippen LogP contribution in [0.15, 0.2) is 23.7 Å². The fourth-order valence-electron chi connectivity index (χ4n) is 2.06. The predicted octanol–water partition coefficient (Wildman–Crippen LogP) is 2.63. The van der Waals surface area contributed by atoms with Gasteiger partial charge in [-0.1, -0.05) is 0 Å². The molecule has 0 spiro atoms. The largest absolute Gasteiger partial charge is 0.385 e. The molecule has 0 fully saturated rings. The molecule has 2 aromatic rings. The Morgan fingerprint density at radius 3 is 2.76 bits per heavy atom. The lowest BCUT2D eigenvalue weighted by Gasteiger charge is -2.23. The Hall–Kier alpha value is -1.13. The number of rotatable bonds is 4. The fourth-order valence-corrected chi connectivity index (χ4v) is 3.07. The highest BCUT2D eigenvalue weighted by atomic mass is 32.1. The number of thiophene rings is 1. The highest BCUT2D eigenvalue weighted by Crippen LogP contribution is 2.32. The molecule has 92 valence electrons. The topological polar surface area (TPSA) is 38.1 Å². The zero-order chi connectivity index (χ0) is 12.5. The van der Waals surface area contributed by atoms with E-state index in [0.717, 1.165) is 17.0 Å². The first kappa shape index (κ1) is 12.3. The van der Waals surface area contributed by atoms with Gasteiger partial charge in [0.25, 0.3) is 0 Å². The molecule has 0 bridgehead atoms. The van der Waals surface area contributed by atoms with Crippen LogP contribution in [0.5, 0.6) is 0 Å². The number of hydrogen-bond acceptors (Lipinski definition) is 3. The minimum absolute atomic E-state index is 0.716. The van der Waals surface area contributed by atoms with Crippen molar-refractivity contribution in [3.63, 3.8) is 0 Å². The van der Waals surface area contributed by atoms with Gasteiger partial charge < -0.3 is 5.11 Å². The van der Waals surface area contributed by atoms with E-state index in [1.54, 1.807) is 17.5 Å². The van der Waals surface area contributed by atoms with E-state index < -0.39 is 5.60 Å². The van der Waals surface area contributed by atoms with Crippen molar-refractivity contribution in [1.82, 2.24) is 9.78 Å². The van der Waals surface area contributed by atoms with Gasteiger partial charge in [-0.3, -0.25) is 4.68 Å². The second-order valence-electron chi connectivity index (χ2n) is 4.65. The number of aromatic nitrogens is 2. The van der Waals surface area contributed by atoms with Crippen molar-refractivity contribution in [3.05, 3.63) is 39.8 Å². The Morgan fingerprint density at radius 2 is 2.24 bits per heavy atom. The van der Waals surface area contributed by atoms with Crippen LogP contribution in [0.25, 0.3) is 0 Å². The summed E-state index contributed by atoms with van der Waals surface area (Å²) in [6.45, 7) is 3.94. The maximum absolute atomic E-state index is 10.5. The van der Waals surface area contributed by atoms with Crippen LogP contribution in [0.1, 0.15) is 29.5 Å². The summed E-state index contributed by atoms with van der Waals surface area (Å²) in [4.78, 5) is 1.07. The summed E-state index contributed by atoms with van der Waals surface area (Å²) in [5.41, 5.74) is 1.58. The number of aryl methyl sites for hydroxylation is 3. The van der Waals surface area contributed by atoms with Crippen LogP contribution >= 0.6 is 11.3 Å². The Kier molecular flexibility index (Phi) is 3.35. The lowest BCUT2D eigenvalue weighted by atomic mass is 9.95. The van der Waals surface area contributed by atoms with Crippen molar-refractivity contribution in [3.8, 4) is 0 Å². The first-order chi connectivity index (χ1) is 8.00. The molecular formula is C13H18N2OS. The third-order valence-corrected chi connectivity index (χ3v) is 4.41. The average Bonchev–Trinajstić information content (AvgIpc) is 2.85. The molecule has 0 saturated heterocycles. The van der Waals surface area contributed by atoms with Crippen molar-refractivity contribution < 1.29 is 5.11 Å².